The Labute approximate surface area is 143 Å². The molecular formula is C17H26N2O4S. The third-order valence-corrected chi connectivity index (χ3v) is 6.37. The van der Waals surface area contributed by atoms with Gasteiger partial charge in [0.1, 0.15) is 0 Å². The van der Waals surface area contributed by atoms with Crippen molar-refractivity contribution in [3.63, 3.8) is 0 Å². The molecule has 1 amide bonds. The SMILES string of the molecule is CCS(=O)(=O)c1ccccc1C(=O)NCC1(COC)CCNCC1. The van der Waals surface area contributed by atoms with Crippen molar-refractivity contribution in [3.05, 3.63) is 29.8 Å². The van der Waals surface area contributed by atoms with Crippen molar-refractivity contribution < 1.29 is 17.9 Å². The second kappa shape index (κ2) is 8.09. The van der Waals surface area contributed by atoms with Crippen molar-refractivity contribution in [2.24, 2.45) is 5.41 Å². The van der Waals surface area contributed by atoms with Crippen LogP contribution in [-0.2, 0) is 14.6 Å². The fourth-order valence-corrected chi connectivity index (χ4v) is 4.17. The van der Waals surface area contributed by atoms with Gasteiger partial charge in [0.05, 0.1) is 22.8 Å². The van der Waals surface area contributed by atoms with E-state index >= 15 is 0 Å². The van der Waals surface area contributed by atoms with E-state index in [9.17, 15) is 13.2 Å². The Hall–Kier alpha value is -1.44. The highest BCUT2D eigenvalue weighted by Crippen LogP contribution is 2.28. The largest absolute Gasteiger partial charge is 0.384 e. The molecule has 0 saturated carbocycles. The summed E-state index contributed by atoms with van der Waals surface area (Å²) in [6.45, 7) is 4.40. The molecule has 0 unspecified atom stereocenters. The van der Waals surface area contributed by atoms with Gasteiger partial charge in [0, 0.05) is 19.1 Å². The van der Waals surface area contributed by atoms with Crippen LogP contribution in [0.2, 0.25) is 0 Å². The van der Waals surface area contributed by atoms with Crippen LogP contribution in [0.1, 0.15) is 30.1 Å². The summed E-state index contributed by atoms with van der Waals surface area (Å²) in [7, 11) is -1.78. The molecule has 0 spiro atoms. The van der Waals surface area contributed by atoms with Gasteiger partial charge >= 0.3 is 0 Å². The topological polar surface area (TPSA) is 84.5 Å². The second-order valence-corrected chi connectivity index (χ2v) is 8.51. The lowest BCUT2D eigenvalue weighted by molar-refractivity contribution is 0.0511. The molecule has 1 aliphatic rings. The summed E-state index contributed by atoms with van der Waals surface area (Å²) in [5, 5.41) is 6.23. The Morgan fingerprint density at radius 1 is 1.29 bits per heavy atom. The number of hydrogen-bond donors (Lipinski definition) is 2. The summed E-state index contributed by atoms with van der Waals surface area (Å²) in [6.07, 6.45) is 1.83. The molecule has 1 saturated heterocycles. The Morgan fingerprint density at radius 2 is 1.96 bits per heavy atom. The van der Waals surface area contributed by atoms with E-state index in [0.717, 1.165) is 25.9 Å². The molecule has 2 rings (SSSR count). The van der Waals surface area contributed by atoms with E-state index in [1.807, 2.05) is 0 Å². The van der Waals surface area contributed by atoms with Crippen molar-refractivity contribution in [2.45, 2.75) is 24.7 Å². The van der Waals surface area contributed by atoms with Gasteiger partial charge in [-0.2, -0.15) is 0 Å². The number of amides is 1. The van der Waals surface area contributed by atoms with Gasteiger partial charge in [-0.1, -0.05) is 19.1 Å². The summed E-state index contributed by atoms with van der Waals surface area (Å²) < 4.78 is 29.7. The highest BCUT2D eigenvalue weighted by Gasteiger charge is 2.33. The molecule has 1 aliphatic heterocycles. The first kappa shape index (κ1) is 18.9. The standard InChI is InChI=1S/C17H26N2O4S/c1-3-24(21,22)15-7-5-4-6-14(15)16(20)19-12-17(13-23-2)8-10-18-11-9-17/h4-7,18H,3,8-13H2,1-2H3,(H,19,20). The Balaban J connectivity index is 2.15. The van der Waals surface area contributed by atoms with Crippen molar-refractivity contribution in [2.75, 3.05) is 39.1 Å². The van der Waals surface area contributed by atoms with E-state index in [4.69, 9.17) is 4.74 Å². The minimum absolute atomic E-state index is 0.0312. The van der Waals surface area contributed by atoms with Crippen LogP contribution in [0.3, 0.4) is 0 Å². The summed E-state index contributed by atoms with van der Waals surface area (Å²) in [6, 6.07) is 6.37. The first-order valence-electron chi connectivity index (χ1n) is 8.24. The fraction of sp³-hybridized carbons (Fsp3) is 0.588. The average molecular weight is 354 g/mol. The maximum Gasteiger partial charge on any atom is 0.252 e. The molecule has 1 aromatic carbocycles. The molecule has 134 valence electrons. The lowest BCUT2D eigenvalue weighted by Gasteiger charge is -2.37. The number of rotatable bonds is 7. The number of benzene rings is 1. The van der Waals surface area contributed by atoms with Crippen LogP contribution in [0.5, 0.6) is 0 Å². The van der Waals surface area contributed by atoms with Crippen LogP contribution in [0, 0.1) is 5.41 Å². The summed E-state index contributed by atoms with van der Waals surface area (Å²) >= 11 is 0. The molecule has 1 aromatic rings. The van der Waals surface area contributed by atoms with Crippen molar-refractivity contribution >= 4 is 15.7 Å². The molecule has 24 heavy (non-hydrogen) atoms. The third kappa shape index (κ3) is 4.34. The smallest absolute Gasteiger partial charge is 0.252 e. The van der Waals surface area contributed by atoms with Crippen LogP contribution in [0.4, 0.5) is 0 Å². The van der Waals surface area contributed by atoms with E-state index in [0.29, 0.717) is 13.2 Å². The molecule has 1 fully saturated rings. The molecule has 1 heterocycles. The van der Waals surface area contributed by atoms with Crippen LogP contribution in [0.25, 0.3) is 0 Å². The van der Waals surface area contributed by atoms with Crippen LogP contribution < -0.4 is 10.6 Å². The number of nitrogens with one attached hydrogen (secondary N) is 2. The van der Waals surface area contributed by atoms with Gasteiger partial charge < -0.3 is 15.4 Å². The van der Waals surface area contributed by atoms with Crippen LogP contribution in [0.15, 0.2) is 29.2 Å². The highest BCUT2D eigenvalue weighted by molar-refractivity contribution is 7.91. The quantitative estimate of drug-likeness (QED) is 0.769. The van der Waals surface area contributed by atoms with Crippen molar-refractivity contribution in [1.82, 2.24) is 10.6 Å². The minimum atomic E-state index is -3.44. The molecule has 0 aliphatic carbocycles. The Kier molecular flexibility index (Phi) is 6.37. The zero-order valence-corrected chi connectivity index (χ0v) is 15.1. The number of ether oxygens (including phenoxy) is 1. The first-order valence-corrected chi connectivity index (χ1v) is 9.89. The van der Waals surface area contributed by atoms with Gasteiger partial charge in [-0.05, 0) is 38.1 Å². The van der Waals surface area contributed by atoms with Crippen LogP contribution in [-0.4, -0.2) is 53.4 Å². The van der Waals surface area contributed by atoms with E-state index in [-0.39, 0.29) is 27.5 Å². The molecule has 0 atom stereocenters. The zero-order valence-electron chi connectivity index (χ0n) is 14.3. The zero-order chi connectivity index (χ0) is 17.6. The highest BCUT2D eigenvalue weighted by atomic mass is 32.2. The van der Waals surface area contributed by atoms with Crippen molar-refractivity contribution in [1.29, 1.82) is 0 Å². The maximum atomic E-state index is 12.6. The first-order chi connectivity index (χ1) is 11.4. The lowest BCUT2D eigenvalue weighted by atomic mass is 9.79. The second-order valence-electron chi connectivity index (χ2n) is 6.27. The van der Waals surface area contributed by atoms with Crippen LogP contribution >= 0.6 is 0 Å². The Bertz CT molecular complexity index is 661. The van der Waals surface area contributed by atoms with Gasteiger partial charge in [-0.15, -0.1) is 0 Å². The molecule has 7 heteroatoms. The van der Waals surface area contributed by atoms with Gasteiger partial charge in [0.15, 0.2) is 9.84 Å². The summed E-state index contributed by atoms with van der Waals surface area (Å²) in [4.78, 5) is 12.7. The number of piperidine rings is 1. The normalized spacial score (nSPS) is 17.4. The van der Waals surface area contributed by atoms with E-state index in [1.54, 1.807) is 32.2 Å². The predicted molar refractivity (Wildman–Crippen MR) is 92.9 cm³/mol. The molecule has 6 nitrogen and oxygen atoms in total. The monoisotopic (exact) mass is 354 g/mol. The molecule has 0 aromatic heterocycles. The number of hydrogen-bond acceptors (Lipinski definition) is 5. The maximum absolute atomic E-state index is 12.6. The Morgan fingerprint density at radius 3 is 2.58 bits per heavy atom. The number of methoxy groups -OCH3 is 1. The predicted octanol–water partition coefficient (Wildman–Crippen LogP) is 1.23. The summed E-state index contributed by atoms with van der Waals surface area (Å²) in [5.41, 5.74) is 0.106. The minimum Gasteiger partial charge on any atom is -0.384 e. The number of carbonyl (C=O) groups is 1. The van der Waals surface area contributed by atoms with E-state index in [1.165, 1.54) is 6.07 Å². The number of sulfone groups is 1. The molecule has 0 bridgehead atoms. The van der Waals surface area contributed by atoms with Gasteiger partial charge in [-0.3, -0.25) is 4.79 Å². The van der Waals surface area contributed by atoms with Gasteiger partial charge in [0.25, 0.3) is 5.91 Å². The number of carbonyl (C=O) groups excluding carboxylic acids is 1. The molecular weight excluding hydrogens is 328 g/mol. The van der Waals surface area contributed by atoms with E-state index in [2.05, 4.69) is 10.6 Å². The van der Waals surface area contributed by atoms with E-state index < -0.39 is 9.84 Å². The van der Waals surface area contributed by atoms with Gasteiger partial charge in [-0.25, -0.2) is 8.42 Å². The molecule has 2 N–H and O–H groups in total. The lowest BCUT2D eigenvalue weighted by Crippen LogP contribution is -2.47. The van der Waals surface area contributed by atoms with Gasteiger partial charge in [0.2, 0.25) is 0 Å². The third-order valence-electron chi connectivity index (χ3n) is 4.59. The fourth-order valence-electron chi connectivity index (χ4n) is 3.08. The summed E-state index contributed by atoms with van der Waals surface area (Å²) in [5.74, 6) is -0.382. The van der Waals surface area contributed by atoms with Crippen molar-refractivity contribution in [3.8, 4) is 0 Å². The molecule has 0 radical (unpaired) electrons. The average Bonchev–Trinajstić information content (AvgIpc) is 2.61.